The summed E-state index contributed by atoms with van der Waals surface area (Å²) < 4.78 is 5.69. The molecule has 4 rings (SSSR count). The molecular formula is C27H28ClNO3. The Balaban J connectivity index is 1.69. The zero-order valence-corrected chi connectivity index (χ0v) is 19.4. The number of ether oxygens (including phenoxy) is 1. The molecule has 1 aliphatic carbocycles. The summed E-state index contributed by atoms with van der Waals surface area (Å²) in [7, 11) is 0. The molecule has 0 saturated carbocycles. The van der Waals surface area contributed by atoms with Crippen molar-refractivity contribution in [2.75, 3.05) is 6.61 Å². The number of carbonyl (C=O) groups excluding carboxylic acids is 2. The predicted octanol–water partition coefficient (Wildman–Crippen LogP) is 5.59. The fourth-order valence-electron chi connectivity index (χ4n) is 4.78. The zero-order chi connectivity index (χ0) is 22.9. The van der Waals surface area contributed by atoms with Crippen LogP contribution in [0.3, 0.4) is 0 Å². The van der Waals surface area contributed by atoms with Crippen molar-refractivity contribution in [2.24, 2.45) is 11.3 Å². The van der Waals surface area contributed by atoms with Gasteiger partial charge in [0.15, 0.2) is 0 Å². The molecule has 0 radical (unpaired) electrons. The van der Waals surface area contributed by atoms with Gasteiger partial charge in [0.1, 0.15) is 5.78 Å². The summed E-state index contributed by atoms with van der Waals surface area (Å²) in [5.41, 5.74) is 3.65. The monoisotopic (exact) mass is 449 g/mol. The number of esters is 1. The van der Waals surface area contributed by atoms with E-state index in [2.05, 4.69) is 11.4 Å². The van der Waals surface area contributed by atoms with Gasteiger partial charge in [-0.3, -0.25) is 4.79 Å². The maximum atomic E-state index is 13.3. The minimum Gasteiger partial charge on any atom is -0.462 e. The van der Waals surface area contributed by atoms with Crippen LogP contribution < -0.4 is 5.32 Å². The molecule has 32 heavy (non-hydrogen) atoms. The Morgan fingerprint density at radius 3 is 2.50 bits per heavy atom. The molecule has 0 bridgehead atoms. The molecule has 166 valence electrons. The van der Waals surface area contributed by atoms with Crippen LogP contribution in [0.2, 0.25) is 5.02 Å². The van der Waals surface area contributed by atoms with E-state index in [0.29, 0.717) is 29.1 Å². The number of hydrogen-bond donors (Lipinski definition) is 1. The van der Waals surface area contributed by atoms with E-state index in [0.717, 1.165) is 16.8 Å². The van der Waals surface area contributed by atoms with Crippen LogP contribution in [0.5, 0.6) is 0 Å². The minimum absolute atomic E-state index is 0.104. The summed E-state index contributed by atoms with van der Waals surface area (Å²) in [5, 5.41) is 3.88. The number of ketones is 1. The van der Waals surface area contributed by atoms with E-state index in [4.69, 9.17) is 16.3 Å². The third kappa shape index (κ3) is 4.51. The van der Waals surface area contributed by atoms with Crippen LogP contribution in [0.4, 0.5) is 0 Å². The second-order valence-electron chi connectivity index (χ2n) is 9.24. The van der Waals surface area contributed by atoms with E-state index in [1.54, 1.807) is 6.07 Å². The van der Waals surface area contributed by atoms with Crippen molar-refractivity contribution in [3.05, 3.63) is 93.8 Å². The van der Waals surface area contributed by atoms with E-state index in [1.807, 2.05) is 69.3 Å². The average molecular weight is 450 g/mol. The summed E-state index contributed by atoms with van der Waals surface area (Å²) in [6.45, 7) is 6.23. The molecular weight excluding hydrogens is 422 g/mol. The van der Waals surface area contributed by atoms with Crippen LogP contribution in [0, 0.1) is 11.3 Å². The van der Waals surface area contributed by atoms with Gasteiger partial charge in [0.2, 0.25) is 0 Å². The van der Waals surface area contributed by atoms with Crippen LogP contribution >= 0.6 is 11.6 Å². The first-order chi connectivity index (χ1) is 15.3. The van der Waals surface area contributed by atoms with Crippen LogP contribution in [0.15, 0.2) is 77.6 Å². The van der Waals surface area contributed by atoms with Gasteiger partial charge in [0.05, 0.1) is 18.1 Å². The number of fused-ring (bicyclic) bond motifs is 1. The summed E-state index contributed by atoms with van der Waals surface area (Å²) >= 11 is 6.57. The molecule has 2 aromatic rings. The molecule has 0 aromatic heterocycles. The Morgan fingerprint density at radius 1 is 1.09 bits per heavy atom. The molecule has 0 spiro atoms. The molecule has 1 heterocycles. The lowest BCUT2D eigenvalue weighted by molar-refractivity contribution is -0.139. The Labute approximate surface area is 194 Å². The van der Waals surface area contributed by atoms with Gasteiger partial charge in [0, 0.05) is 35.2 Å². The summed E-state index contributed by atoms with van der Waals surface area (Å²) in [4.78, 5) is 26.6. The second kappa shape index (κ2) is 8.95. The van der Waals surface area contributed by atoms with E-state index in [-0.39, 0.29) is 17.8 Å². The van der Waals surface area contributed by atoms with E-state index in [1.165, 1.54) is 0 Å². The highest BCUT2D eigenvalue weighted by Crippen LogP contribution is 2.48. The molecule has 0 amide bonds. The number of allylic oxidation sites excluding steroid dienone is 3. The minimum atomic E-state index is -0.483. The van der Waals surface area contributed by atoms with Gasteiger partial charge >= 0.3 is 5.97 Å². The predicted molar refractivity (Wildman–Crippen MR) is 126 cm³/mol. The lowest BCUT2D eigenvalue weighted by atomic mass is 9.66. The zero-order valence-electron chi connectivity index (χ0n) is 18.7. The number of halogens is 1. The lowest BCUT2D eigenvalue weighted by Gasteiger charge is -2.41. The second-order valence-corrected chi connectivity index (χ2v) is 9.65. The number of rotatable bonds is 5. The van der Waals surface area contributed by atoms with Crippen molar-refractivity contribution >= 4 is 23.4 Å². The van der Waals surface area contributed by atoms with Crippen molar-refractivity contribution < 1.29 is 14.3 Å². The number of nitrogens with one attached hydrogen (secondary N) is 1. The van der Waals surface area contributed by atoms with Gasteiger partial charge in [0.25, 0.3) is 0 Å². The van der Waals surface area contributed by atoms with Gasteiger partial charge < -0.3 is 10.1 Å². The smallest absolute Gasteiger partial charge is 0.336 e. The standard InChI is InChI=1S/C27H28ClNO3/c1-17-23(26(31)32-14-13-18-9-5-4-6-10-18)24(19-11-7-8-12-20(19)28)25-21(29-17)15-27(2,3)16-22(25)30/h4-12,15,24-25,29H,13-14,16H2,1-3H3. The highest BCUT2D eigenvalue weighted by Gasteiger charge is 2.46. The van der Waals surface area contributed by atoms with Crippen molar-refractivity contribution in [1.82, 2.24) is 5.32 Å². The van der Waals surface area contributed by atoms with Crippen molar-refractivity contribution in [1.29, 1.82) is 0 Å². The molecule has 2 aliphatic rings. The molecule has 1 aliphatic heterocycles. The molecule has 4 nitrogen and oxygen atoms in total. The molecule has 2 unspecified atom stereocenters. The number of benzene rings is 2. The topological polar surface area (TPSA) is 55.4 Å². The quantitative estimate of drug-likeness (QED) is 0.605. The van der Waals surface area contributed by atoms with Crippen LogP contribution in [0.1, 0.15) is 44.2 Å². The Bertz CT molecular complexity index is 1100. The SMILES string of the molecule is CC1=C(C(=O)OCCc2ccccc2)C(c2ccccc2Cl)C2C(=O)CC(C)(C)C=C2N1. The van der Waals surface area contributed by atoms with Crippen LogP contribution in [-0.2, 0) is 20.7 Å². The first-order valence-electron chi connectivity index (χ1n) is 11.0. The van der Waals surface area contributed by atoms with E-state index >= 15 is 0 Å². The van der Waals surface area contributed by atoms with Crippen molar-refractivity contribution in [2.45, 2.75) is 39.5 Å². The number of Topliss-reactive ketones (excluding diaryl/α,β-unsaturated/α-hetero) is 1. The number of hydrogen-bond acceptors (Lipinski definition) is 4. The molecule has 0 saturated heterocycles. The summed E-state index contributed by atoms with van der Waals surface area (Å²) in [6, 6.07) is 17.3. The molecule has 0 fully saturated rings. The Kier molecular flexibility index (Phi) is 6.25. The Hall–Kier alpha value is -2.85. The van der Waals surface area contributed by atoms with E-state index < -0.39 is 17.8 Å². The third-order valence-electron chi connectivity index (χ3n) is 6.17. The largest absolute Gasteiger partial charge is 0.462 e. The highest BCUT2D eigenvalue weighted by molar-refractivity contribution is 6.31. The van der Waals surface area contributed by atoms with Crippen LogP contribution in [0.25, 0.3) is 0 Å². The van der Waals surface area contributed by atoms with Gasteiger partial charge in [-0.05, 0) is 29.5 Å². The normalized spacial score (nSPS) is 22.0. The Morgan fingerprint density at radius 2 is 1.78 bits per heavy atom. The van der Waals surface area contributed by atoms with Gasteiger partial charge in [-0.25, -0.2) is 4.79 Å². The van der Waals surface area contributed by atoms with Gasteiger partial charge in [-0.2, -0.15) is 0 Å². The van der Waals surface area contributed by atoms with Gasteiger partial charge in [-0.15, -0.1) is 0 Å². The van der Waals surface area contributed by atoms with Crippen molar-refractivity contribution in [3.63, 3.8) is 0 Å². The van der Waals surface area contributed by atoms with Crippen LogP contribution in [-0.4, -0.2) is 18.4 Å². The molecule has 1 N–H and O–H groups in total. The maximum absolute atomic E-state index is 13.3. The molecule has 5 heteroatoms. The summed E-state index contributed by atoms with van der Waals surface area (Å²) in [5.74, 6) is -1.27. The molecule has 2 aromatic carbocycles. The lowest BCUT2D eigenvalue weighted by Crippen LogP contribution is -2.43. The number of carbonyl (C=O) groups is 2. The fourth-order valence-corrected chi connectivity index (χ4v) is 5.04. The summed E-state index contributed by atoms with van der Waals surface area (Å²) in [6.07, 6.45) is 3.16. The van der Waals surface area contributed by atoms with Gasteiger partial charge in [-0.1, -0.05) is 80.1 Å². The first kappa shape index (κ1) is 22.3. The average Bonchev–Trinajstić information content (AvgIpc) is 2.73. The first-order valence-corrected chi connectivity index (χ1v) is 11.3. The fraction of sp³-hybridized carbons (Fsp3) is 0.333. The molecule has 2 atom stereocenters. The van der Waals surface area contributed by atoms with Crippen molar-refractivity contribution in [3.8, 4) is 0 Å². The maximum Gasteiger partial charge on any atom is 0.336 e. The third-order valence-corrected chi connectivity index (χ3v) is 6.51. The van der Waals surface area contributed by atoms with E-state index in [9.17, 15) is 9.59 Å². The highest BCUT2D eigenvalue weighted by atomic mass is 35.5.